The van der Waals surface area contributed by atoms with Crippen LogP contribution in [0.15, 0.2) is 65.5 Å². The highest BCUT2D eigenvalue weighted by Crippen LogP contribution is 2.17. The van der Waals surface area contributed by atoms with Gasteiger partial charge in [0.25, 0.3) is 5.91 Å². The lowest BCUT2D eigenvalue weighted by Crippen LogP contribution is -2.23. The van der Waals surface area contributed by atoms with Crippen molar-refractivity contribution in [2.45, 2.75) is 6.54 Å². The average molecular weight is 352 g/mol. The molecule has 0 aliphatic carbocycles. The van der Waals surface area contributed by atoms with Crippen molar-refractivity contribution in [1.82, 2.24) is 15.3 Å². The standard InChI is InChI=1S/C16H13N3O2.2ClH/c20-15(18-10-12-6-8-17-9-7-12)14-11-21-16(19-14)13-4-2-1-3-5-13;;/h1-9,11H,10H2,(H,18,20);2*1H. The first-order chi connectivity index (χ1) is 10.3. The van der Waals surface area contributed by atoms with E-state index in [4.69, 9.17) is 4.42 Å². The van der Waals surface area contributed by atoms with Crippen molar-refractivity contribution >= 4 is 30.7 Å². The Balaban J connectivity index is 0.00000132. The zero-order valence-electron chi connectivity index (χ0n) is 12.0. The fourth-order valence-corrected chi connectivity index (χ4v) is 1.86. The molecule has 0 spiro atoms. The minimum absolute atomic E-state index is 0. The van der Waals surface area contributed by atoms with Crippen LogP contribution < -0.4 is 5.32 Å². The van der Waals surface area contributed by atoms with E-state index in [1.807, 2.05) is 42.5 Å². The molecule has 23 heavy (non-hydrogen) atoms. The molecule has 0 radical (unpaired) electrons. The highest BCUT2D eigenvalue weighted by molar-refractivity contribution is 5.92. The van der Waals surface area contributed by atoms with Crippen molar-refractivity contribution in [3.05, 3.63) is 72.4 Å². The molecule has 1 N–H and O–H groups in total. The minimum Gasteiger partial charge on any atom is -0.444 e. The molecule has 0 aliphatic heterocycles. The van der Waals surface area contributed by atoms with Gasteiger partial charge in [0.05, 0.1) is 0 Å². The molecule has 1 amide bonds. The lowest BCUT2D eigenvalue weighted by atomic mass is 10.2. The third-order valence-corrected chi connectivity index (χ3v) is 2.96. The molecule has 120 valence electrons. The smallest absolute Gasteiger partial charge is 0.273 e. The number of benzene rings is 1. The molecule has 0 saturated carbocycles. The van der Waals surface area contributed by atoms with Gasteiger partial charge >= 0.3 is 0 Å². The van der Waals surface area contributed by atoms with Crippen LogP contribution in [0.25, 0.3) is 11.5 Å². The zero-order chi connectivity index (χ0) is 14.5. The van der Waals surface area contributed by atoms with Crippen LogP contribution in [0, 0.1) is 0 Å². The number of nitrogens with zero attached hydrogens (tertiary/aromatic N) is 2. The Bertz CT molecular complexity index is 733. The predicted octanol–water partition coefficient (Wildman–Crippen LogP) is 3.51. The maximum Gasteiger partial charge on any atom is 0.273 e. The van der Waals surface area contributed by atoms with Gasteiger partial charge < -0.3 is 9.73 Å². The molecule has 2 aromatic heterocycles. The van der Waals surface area contributed by atoms with Crippen molar-refractivity contribution in [2.24, 2.45) is 0 Å². The number of hydrogen-bond donors (Lipinski definition) is 1. The summed E-state index contributed by atoms with van der Waals surface area (Å²) in [4.78, 5) is 20.1. The summed E-state index contributed by atoms with van der Waals surface area (Å²) in [6, 6.07) is 13.1. The third kappa shape index (κ3) is 4.81. The van der Waals surface area contributed by atoms with Gasteiger partial charge in [0.15, 0.2) is 5.69 Å². The van der Waals surface area contributed by atoms with Crippen LogP contribution in [0.3, 0.4) is 0 Å². The molecule has 5 nitrogen and oxygen atoms in total. The zero-order valence-corrected chi connectivity index (χ0v) is 13.6. The minimum atomic E-state index is -0.266. The second-order valence-electron chi connectivity index (χ2n) is 4.44. The van der Waals surface area contributed by atoms with E-state index in [2.05, 4.69) is 15.3 Å². The van der Waals surface area contributed by atoms with E-state index in [1.54, 1.807) is 12.4 Å². The van der Waals surface area contributed by atoms with Crippen LogP contribution in [0.1, 0.15) is 16.1 Å². The maximum absolute atomic E-state index is 12.0. The Morgan fingerprint density at radius 2 is 1.74 bits per heavy atom. The van der Waals surface area contributed by atoms with Crippen LogP contribution in [-0.4, -0.2) is 15.9 Å². The number of pyridine rings is 1. The van der Waals surface area contributed by atoms with E-state index in [0.717, 1.165) is 11.1 Å². The van der Waals surface area contributed by atoms with Gasteiger partial charge in [0.1, 0.15) is 6.26 Å². The first-order valence-corrected chi connectivity index (χ1v) is 6.51. The monoisotopic (exact) mass is 351 g/mol. The van der Waals surface area contributed by atoms with Crippen molar-refractivity contribution in [2.75, 3.05) is 0 Å². The third-order valence-electron chi connectivity index (χ3n) is 2.96. The molecular weight excluding hydrogens is 337 g/mol. The van der Waals surface area contributed by atoms with Crippen LogP contribution in [0.5, 0.6) is 0 Å². The Kier molecular flexibility index (Phi) is 7.25. The number of hydrogen-bond acceptors (Lipinski definition) is 4. The normalized spacial score (nSPS) is 9.39. The summed E-state index contributed by atoms with van der Waals surface area (Å²) < 4.78 is 5.34. The van der Waals surface area contributed by atoms with Gasteiger partial charge in [-0.3, -0.25) is 9.78 Å². The van der Waals surface area contributed by atoms with E-state index in [-0.39, 0.29) is 36.4 Å². The van der Waals surface area contributed by atoms with Gasteiger partial charge in [-0.15, -0.1) is 24.8 Å². The first kappa shape index (κ1) is 18.7. The number of halogens is 2. The summed E-state index contributed by atoms with van der Waals surface area (Å²) in [5.41, 5.74) is 2.08. The van der Waals surface area contributed by atoms with Crippen molar-refractivity contribution in [3.63, 3.8) is 0 Å². The number of carbonyl (C=O) groups is 1. The van der Waals surface area contributed by atoms with Gasteiger partial charge in [-0.05, 0) is 29.8 Å². The average Bonchev–Trinajstić information content (AvgIpc) is 3.04. The highest BCUT2D eigenvalue weighted by Gasteiger charge is 2.12. The lowest BCUT2D eigenvalue weighted by Gasteiger charge is -2.02. The van der Waals surface area contributed by atoms with E-state index >= 15 is 0 Å². The Labute approximate surface area is 146 Å². The summed E-state index contributed by atoms with van der Waals surface area (Å²) in [7, 11) is 0. The van der Waals surface area contributed by atoms with Gasteiger partial charge in [0, 0.05) is 24.5 Å². The topological polar surface area (TPSA) is 68.0 Å². The van der Waals surface area contributed by atoms with E-state index < -0.39 is 0 Å². The summed E-state index contributed by atoms with van der Waals surface area (Å²) in [5.74, 6) is 0.169. The Morgan fingerprint density at radius 3 is 2.43 bits per heavy atom. The van der Waals surface area contributed by atoms with Crippen LogP contribution in [-0.2, 0) is 6.54 Å². The Hall–Kier alpha value is -2.37. The number of aromatic nitrogens is 2. The molecule has 2 heterocycles. The molecule has 0 atom stereocenters. The van der Waals surface area contributed by atoms with Gasteiger partial charge in [-0.2, -0.15) is 0 Å². The van der Waals surface area contributed by atoms with Crippen molar-refractivity contribution < 1.29 is 9.21 Å². The van der Waals surface area contributed by atoms with Gasteiger partial charge in [0.2, 0.25) is 5.89 Å². The van der Waals surface area contributed by atoms with E-state index in [9.17, 15) is 4.79 Å². The molecule has 3 rings (SSSR count). The summed E-state index contributed by atoms with van der Waals surface area (Å²) >= 11 is 0. The summed E-state index contributed by atoms with van der Waals surface area (Å²) in [5, 5.41) is 2.79. The molecule has 0 fully saturated rings. The summed E-state index contributed by atoms with van der Waals surface area (Å²) in [6.45, 7) is 0.425. The molecular formula is C16H15Cl2N3O2. The number of carbonyl (C=O) groups excluding carboxylic acids is 1. The predicted molar refractivity (Wildman–Crippen MR) is 91.8 cm³/mol. The molecule has 0 unspecified atom stereocenters. The summed E-state index contributed by atoms with van der Waals surface area (Å²) in [6.07, 6.45) is 4.74. The van der Waals surface area contributed by atoms with E-state index in [0.29, 0.717) is 12.4 Å². The largest absolute Gasteiger partial charge is 0.444 e. The van der Waals surface area contributed by atoms with Gasteiger partial charge in [-0.1, -0.05) is 18.2 Å². The van der Waals surface area contributed by atoms with Crippen molar-refractivity contribution in [1.29, 1.82) is 0 Å². The van der Waals surface area contributed by atoms with Crippen LogP contribution in [0.2, 0.25) is 0 Å². The molecule has 7 heteroatoms. The molecule has 1 aromatic carbocycles. The first-order valence-electron chi connectivity index (χ1n) is 6.51. The maximum atomic E-state index is 12.0. The molecule has 0 bridgehead atoms. The molecule has 3 aromatic rings. The number of oxazole rings is 1. The van der Waals surface area contributed by atoms with Crippen LogP contribution >= 0.6 is 24.8 Å². The number of nitrogens with one attached hydrogen (secondary N) is 1. The fourth-order valence-electron chi connectivity index (χ4n) is 1.86. The quantitative estimate of drug-likeness (QED) is 0.780. The SMILES string of the molecule is Cl.Cl.O=C(NCc1ccncc1)c1coc(-c2ccccc2)n1. The van der Waals surface area contributed by atoms with E-state index in [1.165, 1.54) is 6.26 Å². The van der Waals surface area contributed by atoms with Crippen LogP contribution in [0.4, 0.5) is 0 Å². The van der Waals surface area contributed by atoms with Gasteiger partial charge in [-0.25, -0.2) is 4.98 Å². The fraction of sp³-hybridized carbons (Fsp3) is 0.0625. The number of rotatable bonds is 4. The lowest BCUT2D eigenvalue weighted by molar-refractivity contribution is 0.0946. The Morgan fingerprint density at radius 1 is 1.04 bits per heavy atom. The van der Waals surface area contributed by atoms with Crippen molar-refractivity contribution in [3.8, 4) is 11.5 Å². The molecule has 0 aliphatic rings. The highest BCUT2D eigenvalue weighted by atomic mass is 35.5. The number of amides is 1. The molecule has 0 saturated heterocycles. The second-order valence-corrected chi connectivity index (χ2v) is 4.44. The second kappa shape index (κ2) is 8.92.